The second-order valence-electron chi connectivity index (χ2n) is 8.17. The van der Waals surface area contributed by atoms with Gasteiger partial charge in [0.2, 0.25) is 0 Å². The summed E-state index contributed by atoms with van der Waals surface area (Å²) in [5, 5.41) is 3.49. The van der Waals surface area contributed by atoms with Gasteiger partial charge in [0.25, 0.3) is 0 Å². The van der Waals surface area contributed by atoms with Gasteiger partial charge in [-0.15, -0.1) is 0 Å². The molecule has 0 radical (unpaired) electrons. The summed E-state index contributed by atoms with van der Waals surface area (Å²) in [5.74, 6) is 0.919. The smallest absolute Gasteiger partial charge is 0.00502 e. The minimum absolute atomic E-state index is 0.548. The van der Waals surface area contributed by atoms with Crippen molar-refractivity contribution in [3.05, 3.63) is 0 Å². The molecule has 0 aromatic heterocycles. The summed E-state index contributed by atoms with van der Waals surface area (Å²) < 4.78 is 0. The molecule has 20 heavy (non-hydrogen) atoms. The third-order valence-corrected chi connectivity index (χ3v) is 6.21. The minimum Gasteiger partial charge on any atom is -0.319 e. The number of hydrogen-bond donors (Lipinski definition) is 1. The van der Waals surface area contributed by atoms with E-state index in [2.05, 4.69) is 38.0 Å². The molecule has 0 aromatic carbocycles. The first-order valence-corrected chi connectivity index (χ1v) is 8.88. The summed E-state index contributed by atoms with van der Waals surface area (Å²) in [6, 6.07) is 0. The Morgan fingerprint density at radius 2 is 1.90 bits per heavy atom. The van der Waals surface area contributed by atoms with Crippen molar-refractivity contribution in [1.29, 1.82) is 0 Å². The van der Waals surface area contributed by atoms with Crippen LogP contribution in [0.15, 0.2) is 0 Å². The van der Waals surface area contributed by atoms with E-state index >= 15 is 0 Å². The predicted octanol–water partition coefficient (Wildman–Crippen LogP) is 3.91. The highest BCUT2D eigenvalue weighted by molar-refractivity contribution is 4.91. The van der Waals surface area contributed by atoms with Crippen LogP contribution in [0.4, 0.5) is 0 Å². The standard InChI is InChI=1S/C18H36N2/c1-5-17(3)9-11-20(12-10-17)15-18(14-19-4)8-6-7-16(2)13-18/h16,19H,5-15H2,1-4H3. The van der Waals surface area contributed by atoms with Crippen molar-refractivity contribution in [2.24, 2.45) is 16.7 Å². The summed E-state index contributed by atoms with van der Waals surface area (Å²) in [7, 11) is 2.13. The summed E-state index contributed by atoms with van der Waals surface area (Å²) in [6.45, 7) is 12.5. The highest BCUT2D eigenvalue weighted by Gasteiger charge is 2.37. The van der Waals surface area contributed by atoms with E-state index in [0.717, 1.165) is 5.92 Å². The topological polar surface area (TPSA) is 15.3 Å². The van der Waals surface area contributed by atoms with Gasteiger partial charge in [-0.05, 0) is 62.6 Å². The normalized spacial score (nSPS) is 35.1. The molecule has 0 spiro atoms. The van der Waals surface area contributed by atoms with Crippen molar-refractivity contribution in [2.45, 2.75) is 65.7 Å². The van der Waals surface area contributed by atoms with Crippen LogP contribution in [-0.2, 0) is 0 Å². The quantitative estimate of drug-likeness (QED) is 0.821. The first-order valence-electron chi connectivity index (χ1n) is 8.88. The Bertz CT molecular complexity index is 290. The molecule has 2 heteroatoms. The first kappa shape index (κ1) is 16.3. The molecule has 118 valence electrons. The summed E-state index contributed by atoms with van der Waals surface area (Å²) in [4.78, 5) is 2.77. The largest absolute Gasteiger partial charge is 0.319 e. The van der Waals surface area contributed by atoms with Crippen molar-refractivity contribution in [1.82, 2.24) is 10.2 Å². The molecule has 2 unspecified atom stereocenters. The van der Waals surface area contributed by atoms with Crippen molar-refractivity contribution in [3.8, 4) is 0 Å². The van der Waals surface area contributed by atoms with Gasteiger partial charge < -0.3 is 10.2 Å². The molecule has 2 fully saturated rings. The lowest BCUT2D eigenvalue weighted by Gasteiger charge is -2.46. The maximum absolute atomic E-state index is 3.49. The Morgan fingerprint density at radius 3 is 2.45 bits per heavy atom. The summed E-state index contributed by atoms with van der Waals surface area (Å²) in [5.41, 5.74) is 1.17. The minimum atomic E-state index is 0.548. The number of piperidine rings is 1. The van der Waals surface area contributed by atoms with E-state index in [1.807, 2.05) is 0 Å². The monoisotopic (exact) mass is 280 g/mol. The van der Waals surface area contributed by atoms with Crippen LogP contribution < -0.4 is 5.32 Å². The van der Waals surface area contributed by atoms with E-state index in [1.165, 1.54) is 71.1 Å². The fourth-order valence-electron chi connectivity index (χ4n) is 4.58. The molecule has 0 bridgehead atoms. The van der Waals surface area contributed by atoms with Crippen LogP contribution in [-0.4, -0.2) is 38.1 Å². The molecular weight excluding hydrogens is 244 g/mol. The maximum atomic E-state index is 3.49. The zero-order valence-electron chi connectivity index (χ0n) is 14.3. The second kappa shape index (κ2) is 6.79. The zero-order chi connectivity index (χ0) is 14.6. The van der Waals surface area contributed by atoms with E-state index in [9.17, 15) is 0 Å². The average molecular weight is 280 g/mol. The number of nitrogens with one attached hydrogen (secondary N) is 1. The van der Waals surface area contributed by atoms with E-state index < -0.39 is 0 Å². The number of rotatable bonds is 5. The molecule has 1 saturated heterocycles. The molecule has 2 rings (SSSR count). The predicted molar refractivity (Wildman–Crippen MR) is 88.1 cm³/mol. The summed E-state index contributed by atoms with van der Waals surface area (Å²) in [6.07, 6.45) is 9.88. The van der Waals surface area contributed by atoms with Gasteiger partial charge in [-0.25, -0.2) is 0 Å². The maximum Gasteiger partial charge on any atom is 0.00502 e. The Balaban J connectivity index is 1.92. The van der Waals surface area contributed by atoms with Gasteiger partial charge in [-0.1, -0.05) is 40.0 Å². The number of likely N-dealkylation sites (tertiary alicyclic amines) is 1. The first-order chi connectivity index (χ1) is 9.51. The van der Waals surface area contributed by atoms with Gasteiger partial charge in [0.15, 0.2) is 0 Å². The molecule has 2 nitrogen and oxygen atoms in total. The zero-order valence-corrected chi connectivity index (χ0v) is 14.3. The van der Waals surface area contributed by atoms with Gasteiger partial charge >= 0.3 is 0 Å². The highest BCUT2D eigenvalue weighted by atomic mass is 15.1. The van der Waals surface area contributed by atoms with Crippen molar-refractivity contribution < 1.29 is 0 Å². The van der Waals surface area contributed by atoms with Crippen LogP contribution in [0.5, 0.6) is 0 Å². The lowest BCUT2D eigenvalue weighted by molar-refractivity contribution is 0.0422. The number of hydrogen-bond acceptors (Lipinski definition) is 2. The fraction of sp³-hybridized carbons (Fsp3) is 1.00. The lowest BCUT2D eigenvalue weighted by Crippen LogP contribution is -2.49. The Morgan fingerprint density at radius 1 is 1.20 bits per heavy atom. The summed E-state index contributed by atoms with van der Waals surface area (Å²) >= 11 is 0. The van der Waals surface area contributed by atoms with E-state index in [1.54, 1.807) is 0 Å². The van der Waals surface area contributed by atoms with Gasteiger partial charge in [-0.2, -0.15) is 0 Å². The van der Waals surface area contributed by atoms with E-state index in [4.69, 9.17) is 0 Å². The molecule has 1 N–H and O–H groups in total. The van der Waals surface area contributed by atoms with Crippen LogP contribution in [0.25, 0.3) is 0 Å². The van der Waals surface area contributed by atoms with Gasteiger partial charge in [0.05, 0.1) is 0 Å². The van der Waals surface area contributed by atoms with Crippen LogP contribution >= 0.6 is 0 Å². The van der Waals surface area contributed by atoms with Crippen LogP contribution in [0.3, 0.4) is 0 Å². The van der Waals surface area contributed by atoms with Crippen LogP contribution in [0, 0.1) is 16.7 Å². The molecule has 1 saturated carbocycles. The van der Waals surface area contributed by atoms with E-state index in [-0.39, 0.29) is 0 Å². The van der Waals surface area contributed by atoms with Gasteiger partial charge in [-0.3, -0.25) is 0 Å². The van der Waals surface area contributed by atoms with Crippen molar-refractivity contribution in [2.75, 3.05) is 33.2 Å². The Labute approximate surface area is 126 Å². The molecule has 0 amide bonds. The van der Waals surface area contributed by atoms with Crippen molar-refractivity contribution in [3.63, 3.8) is 0 Å². The Hall–Kier alpha value is -0.0800. The average Bonchev–Trinajstić information content (AvgIpc) is 2.42. The SMILES string of the molecule is CCC1(C)CCN(CC2(CNC)CCCC(C)C2)CC1. The molecule has 1 heterocycles. The molecule has 1 aliphatic heterocycles. The lowest BCUT2D eigenvalue weighted by atomic mass is 9.69. The molecule has 2 aliphatic rings. The Kier molecular flexibility index (Phi) is 5.53. The van der Waals surface area contributed by atoms with E-state index in [0.29, 0.717) is 10.8 Å². The fourth-order valence-corrected chi connectivity index (χ4v) is 4.58. The molecule has 1 aliphatic carbocycles. The molecule has 2 atom stereocenters. The van der Waals surface area contributed by atoms with Gasteiger partial charge in [0.1, 0.15) is 0 Å². The number of nitrogens with zero attached hydrogens (tertiary/aromatic N) is 1. The molecular formula is C18H36N2. The van der Waals surface area contributed by atoms with Crippen LogP contribution in [0.1, 0.15) is 65.7 Å². The second-order valence-corrected chi connectivity index (χ2v) is 8.17. The van der Waals surface area contributed by atoms with Crippen LogP contribution in [0.2, 0.25) is 0 Å². The van der Waals surface area contributed by atoms with Gasteiger partial charge in [0, 0.05) is 13.1 Å². The van der Waals surface area contributed by atoms with Crippen molar-refractivity contribution >= 4 is 0 Å². The third kappa shape index (κ3) is 3.98. The third-order valence-electron chi connectivity index (χ3n) is 6.21. The molecule has 0 aromatic rings. The highest BCUT2D eigenvalue weighted by Crippen LogP contribution is 2.41.